The topological polar surface area (TPSA) is 92.4 Å². The van der Waals surface area contributed by atoms with Crippen LogP contribution in [0, 0.1) is 24.7 Å². The summed E-state index contributed by atoms with van der Waals surface area (Å²) in [5.41, 5.74) is 3.59. The highest BCUT2D eigenvalue weighted by Crippen LogP contribution is 2.40. The van der Waals surface area contributed by atoms with Gasteiger partial charge in [0.05, 0.1) is 12.1 Å². The van der Waals surface area contributed by atoms with Crippen LogP contribution in [0.25, 0.3) is 0 Å². The molecule has 2 aromatic rings. The van der Waals surface area contributed by atoms with Gasteiger partial charge >= 0.3 is 0 Å². The number of carbonyl (C=O) groups is 1. The number of aryl methyl sites for hydroxylation is 1. The van der Waals surface area contributed by atoms with E-state index in [1.807, 2.05) is 38.1 Å². The number of amidine groups is 2. The fraction of sp³-hybridized carbons (Fsp3) is 0.417. The summed E-state index contributed by atoms with van der Waals surface area (Å²) in [4.78, 5) is 20.4. The number of amides is 1. The van der Waals surface area contributed by atoms with Crippen molar-refractivity contribution < 1.29 is 4.79 Å². The van der Waals surface area contributed by atoms with E-state index in [4.69, 9.17) is 27.4 Å². The third-order valence-corrected chi connectivity index (χ3v) is 7.03. The Morgan fingerprint density at radius 1 is 1.25 bits per heavy atom. The lowest BCUT2D eigenvalue weighted by Crippen LogP contribution is -2.42. The van der Waals surface area contributed by atoms with E-state index in [1.165, 1.54) is 0 Å². The molecular formula is C24H30ClN5OS. The van der Waals surface area contributed by atoms with Crippen molar-refractivity contribution in [3.05, 3.63) is 50.9 Å². The Kier molecular flexibility index (Phi) is 7.85. The normalized spacial score (nSPS) is 15.8. The maximum atomic E-state index is 12.7. The molecule has 1 aliphatic rings. The highest BCUT2D eigenvalue weighted by Gasteiger charge is 2.34. The summed E-state index contributed by atoms with van der Waals surface area (Å²) < 4.78 is 0. The molecule has 6 nitrogen and oxygen atoms in total. The summed E-state index contributed by atoms with van der Waals surface area (Å²) in [7, 11) is 0. The second kappa shape index (κ2) is 10.4. The van der Waals surface area contributed by atoms with Gasteiger partial charge in [0.2, 0.25) is 5.91 Å². The van der Waals surface area contributed by atoms with E-state index >= 15 is 0 Å². The Balaban J connectivity index is 2.06. The van der Waals surface area contributed by atoms with Gasteiger partial charge in [-0.3, -0.25) is 25.5 Å². The molecule has 0 aliphatic carbocycles. The average Bonchev–Trinajstić information content (AvgIpc) is 2.96. The number of hydrogen-bond donors (Lipinski definition) is 3. The molecule has 0 spiro atoms. The van der Waals surface area contributed by atoms with Crippen LogP contribution in [-0.2, 0) is 4.79 Å². The van der Waals surface area contributed by atoms with E-state index in [0.29, 0.717) is 11.6 Å². The third-order valence-electron chi connectivity index (χ3n) is 5.58. The van der Waals surface area contributed by atoms with Crippen molar-refractivity contribution in [1.82, 2.24) is 5.32 Å². The molecule has 8 heteroatoms. The van der Waals surface area contributed by atoms with Crippen LogP contribution in [0.15, 0.2) is 29.3 Å². The number of rotatable bonds is 7. The number of unbranched alkanes of at least 4 members (excludes halogenated alkanes) is 2. The van der Waals surface area contributed by atoms with Crippen molar-refractivity contribution in [2.75, 3.05) is 11.4 Å². The molecule has 1 atom stereocenters. The van der Waals surface area contributed by atoms with Crippen molar-refractivity contribution in [2.45, 2.75) is 59.4 Å². The Morgan fingerprint density at radius 2 is 1.94 bits per heavy atom. The first kappa shape index (κ1) is 24.1. The minimum Gasteiger partial charge on any atom is -0.356 e. The zero-order valence-electron chi connectivity index (χ0n) is 19.0. The van der Waals surface area contributed by atoms with E-state index < -0.39 is 6.04 Å². The molecule has 1 aliphatic heterocycles. The molecule has 0 bridgehead atoms. The smallest absolute Gasteiger partial charge is 0.222 e. The molecular weight excluding hydrogens is 442 g/mol. The van der Waals surface area contributed by atoms with Gasteiger partial charge in [-0.25, -0.2) is 0 Å². The predicted octanol–water partition coefficient (Wildman–Crippen LogP) is 5.72. The summed E-state index contributed by atoms with van der Waals surface area (Å²) in [5.74, 6) is 0.252. The Bertz CT molecular complexity index is 1060. The van der Waals surface area contributed by atoms with Gasteiger partial charge in [0.1, 0.15) is 22.7 Å². The molecule has 32 heavy (non-hydrogen) atoms. The minimum atomic E-state index is -0.688. The number of fused-ring (bicyclic) bond motifs is 1. The van der Waals surface area contributed by atoms with Crippen LogP contribution < -0.4 is 10.2 Å². The Morgan fingerprint density at radius 3 is 2.56 bits per heavy atom. The summed E-state index contributed by atoms with van der Waals surface area (Å²) in [5, 5.41) is 21.7. The van der Waals surface area contributed by atoms with Crippen LogP contribution in [0.3, 0.4) is 0 Å². The van der Waals surface area contributed by atoms with Gasteiger partial charge in [0.15, 0.2) is 0 Å². The van der Waals surface area contributed by atoms with Crippen molar-refractivity contribution in [1.29, 1.82) is 10.8 Å². The fourth-order valence-electron chi connectivity index (χ4n) is 3.74. The highest BCUT2D eigenvalue weighted by atomic mass is 35.5. The lowest BCUT2D eigenvalue weighted by atomic mass is 9.99. The van der Waals surface area contributed by atoms with E-state index in [-0.39, 0.29) is 24.0 Å². The van der Waals surface area contributed by atoms with Gasteiger partial charge in [-0.05, 0) is 44.9 Å². The number of hydrogen-bond acceptors (Lipinski definition) is 5. The number of carbonyl (C=O) groups excluding carboxylic acids is 1. The number of thiophene rings is 1. The van der Waals surface area contributed by atoms with Gasteiger partial charge in [-0.1, -0.05) is 43.5 Å². The van der Waals surface area contributed by atoms with E-state index in [2.05, 4.69) is 12.2 Å². The number of anilines is 1. The molecule has 1 amide bonds. The zero-order chi connectivity index (χ0) is 23.4. The van der Waals surface area contributed by atoms with Crippen molar-refractivity contribution >= 4 is 51.2 Å². The van der Waals surface area contributed by atoms with Gasteiger partial charge < -0.3 is 5.32 Å². The predicted molar refractivity (Wildman–Crippen MR) is 135 cm³/mol. The largest absolute Gasteiger partial charge is 0.356 e. The molecule has 0 radical (unpaired) electrons. The molecule has 2 heterocycles. The molecule has 3 N–H and O–H groups in total. The van der Waals surface area contributed by atoms with E-state index in [9.17, 15) is 4.79 Å². The summed E-state index contributed by atoms with van der Waals surface area (Å²) in [6.07, 6.45) is 3.16. The molecule has 0 fully saturated rings. The van der Waals surface area contributed by atoms with Gasteiger partial charge in [0.25, 0.3) is 0 Å². The van der Waals surface area contributed by atoms with Gasteiger partial charge in [-0.2, -0.15) is 0 Å². The molecule has 170 valence electrons. The summed E-state index contributed by atoms with van der Waals surface area (Å²) in [6.45, 7) is 8.49. The average molecular weight is 472 g/mol. The second-order valence-electron chi connectivity index (χ2n) is 8.03. The fourth-order valence-corrected chi connectivity index (χ4v) is 5.09. The maximum absolute atomic E-state index is 12.7. The quantitative estimate of drug-likeness (QED) is 0.274. The Hall–Kier alpha value is -2.51. The molecule has 0 unspecified atom stereocenters. The zero-order valence-corrected chi connectivity index (χ0v) is 20.6. The summed E-state index contributed by atoms with van der Waals surface area (Å²) in [6, 6.07) is 6.77. The first-order valence-corrected chi connectivity index (χ1v) is 12.1. The molecule has 0 saturated heterocycles. The Labute approximate surface area is 198 Å². The second-order valence-corrected chi connectivity index (χ2v) is 9.67. The standard InChI is InChI=1S/C24H30ClN5OS/c1-5-6-7-12-28-20(31)13-19-23(27)30(16(4)26)24-21(14(2)15(3)32-24)22(29-19)17-8-10-18(25)11-9-17/h8-11,19,26-27H,5-7,12-13H2,1-4H3,(H,28,31)/t19-/m0/s1. The van der Waals surface area contributed by atoms with Crippen LogP contribution in [0.5, 0.6) is 0 Å². The maximum Gasteiger partial charge on any atom is 0.222 e. The van der Waals surface area contributed by atoms with Crippen LogP contribution >= 0.6 is 22.9 Å². The lowest BCUT2D eigenvalue weighted by molar-refractivity contribution is -0.121. The first-order valence-electron chi connectivity index (χ1n) is 10.9. The van der Waals surface area contributed by atoms with Crippen molar-refractivity contribution in [3.63, 3.8) is 0 Å². The summed E-state index contributed by atoms with van der Waals surface area (Å²) >= 11 is 7.66. The number of nitrogens with zero attached hydrogens (tertiary/aromatic N) is 2. The number of benzene rings is 1. The van der Waals surface area contributed by atoms with Gasteiger partial charge in [0, 0.05) is 27.6 Å². The minimum absolute atomic E-state index is 0.0683. The van der Waals surface area contributed by atoms with Crippen LogP contribution in [0.2, 0.25) is 5.02 Å². The van der Waals surface area contributed by atoms with Crippen LogP contribution in [0.4, 0.5) is 5.00 Å². The van der Waals surface area contributed by atoms with Gasteiger partial charge in [-0.15, -0.1) is 11.3 Å². The third kappa shape index (κ3) is 5.10. The first-order chi connectivity index (χ1) is 15.2. The van der Waals surface area contributed by atoms with Crippen molar-refractivity contribution in [3.8, 4) is 0 Å². The van der Waals surface area contributed by atoms with E-state index in [1.54, 1.807) is 23.2 Å². The molecule has 1 aromatic carbocycles. The van der Waals surface area contributed by atoms with E-state index in [0.717, 1.165) is 51.5 Å². The molecule has 0 saturated carbocycles. The highest BCUT2D eigenvalue weighted by molar-refractivity contribution is 7.17. The van der Waals surface area contributed by atoms with Crippen LogP contribution in [0.1, 0.15) is 61.1 Å². The number of halogens is 1. The monoisotopic (exact) mass is 471 g/mol. The molecule has 3 rings (SSSR count). The molecule has 1 aromatic heterocycles. The van der Waals surface area contributed by atoms with Crippen LogP contribution in [-0.4, -0.2) is 35.9 Å². The van der Waals surface area contributed by atoms with Crippen molar-refractivity contribution in [2.24, 2.45) is 4.99 Å². The number of nitrogens with one attached hydrogen (secondary N) is 3. The number of aliphatic imine (C=N–C) groups is 1. The lowest BCUT2D eigenvalue weighted by Gasteiger charge is -2.24. The SMILES string of the molecule is CCCCCNC(=O)C[C@@H]1N=C(c2ccc(Cl)cc2)c2c(sc(C)c2C)N(C(C)=N)C1=N.